The zero-order valence-corrected chi connectivity index (χ0v) is 8.45. The molecule has 80 valence electrons. The maximum Gasteiger partial charge on any atom is 0.292 e. The second-order valence-electron chi connectivity index (χ2n) is 3.08. The Hall–Kier alpha value is -2.27. The summed E-state index contributed by atoms with van der Waals surface area (Å²) in [7, 11) is 0. The summed E-state index contributed by atoms with van der Waals surface area (Å²) in [4.78, 5) is 19.7. The molecule has 0 bridgehead atoms. The van der Waals surface area contributed by atoms with Crippen molar-refractivity contribution < 1.29 is 4.79 Å². The smallest absolute Gasteiger partial charge is 0.265 e. The van der Waals surface area contributed by atoms with Crippen LogP contribution in [-0.4, -0.2) is 15.9 Å². The summed E-state index contributed by atoms with van der Waals surface area (Å²) < 4.78 is 0. The minimum Gasteiger partial charge on any atom is -0.265 e. The Kier molecular flexibility index (Phi) is 2.88. The standard InChI is InChI=1S/C11H10N4O/c12-15(10-6-2-4-8-14-10)11(16)9-5-1-3-7-13-9/h1-8H,12H2. The molecule has 2 aromatic heterocycles. The van der Waals surface area contributed by atoms with Crippen molar-refractivity contribution in [3.05, 3.63) is 54.5 Å². The normalized spacial score (nSPS) is 9.81. The van der Waals surface area contributed by atoms with Gasteiger partial charge >= 0.3 is 0 Å². The average molecular weight is 214 g/mol. The predicted octanol–water partition coefficient (Wildman–Crippen LogP) is 0.997. The van der Waals surface area contributed by atoms with Gasteiger partial charge in [-0.25, -0.2) is 15.8 Å². The molecule has 0 aromatic carbocycles. The van der Waals surface area contributed by atoms with Crippen molar-refractivity contribution in [1.29, 1.82) is 0 Å². The van der Waals surface area contributed by atoms with Crippen LogP contribution in [0.25, 0.3) is 0 Å². The molecule has 0 aliphatic heterocycles. The number of hydrogen-bond donors (Lipinski definition) is 1. The number of carbonyl (C=O) groups is 1. The van der Waals surface area contributed by atoms with Gasteiger partial charge in [-0.1, -0.05) is 12.1 Å². The second-order valence-corrected chi connectivity index (χ2v) is 3.08. The lowest BCUT2D eigenvalue weighted by molar-refractivity contribution is 0.0981. The zero-order chi connectivity index (χ0) is 11.4. The Bertz CT molecular complexity index is 472. The summed E-state index contributed by atoms with van der Waals surface area (Å²) in [6.45, 7) is 0. The summed E-state index contributed by atoms with van der Waals surface area (Å²) in [6, 6.07) is 10.2. The third kappa shape index (κ3) is 2.04. The molecular formula is C11H10N4O. The predicted molar refractivity (Wildman–Crippen MR) is 59.5 cm³/mol. The molecule has 5 heteroatoms. The molecule has 16 heavy (non-hydrogen) atoms. The van der Waals surface area contributed by atoms with Crippen LogP contribution in [0, 0.1) is 0 Å². The lowest BCUT2D eigenvalue weighted by Crippen LogP contribution is -2.38. The van der Waals surface area contributed by atoms with Crippen LogP contribution in [0.4, 0.5) is 5.82 Å². The number of anilines is 1. The monoisotopic (exact) mass is 214 g/mol. The molecule has 0 radical (unpaired) electrons. The minimum absolute atomic E-state index is 0.288. The average Bonchev–Trinajstić information content (AvgIpc) is 2.39. The third-order valence-corrected chi connectivity index (χ3v) is 2.00. The van der Waals surface area contributed by atoms with Gasteiger partial charge < -0.3 is 0 Å². The first kappa shape index (κ1) is 10.3. The molecule has 2 N–H and O–H groups in total. The van der Waals surface area contributed by atoms with Crippen LogP contribution in [0.1, 0.15) is 10.5 Å². The highest BCUT2D eigenvalue weighted by Crippen LogP contribution is 2.08. The van der Waals surface area contributed by atoms with Crippen LogP contribution in [0.15, 0.2) is 48.8 Å². The van der Waals surface area contributed by atoms with Crippen LogP contribution in [0.3, 0.4) is 0 Å². The number of hydrogen-bond acceptors (Lipinski definition) is 4. The van der Waals surface area contributed by atoms with Gasteiger partial charge in [0.1, 0.15) is 11.5 Å². The fraction of sp³-hybridized carbons (Fsp3) is 0. The molecule has 0 spiro atoms. The van der Waals surface area contributed by atoms with Gasteiger partial charge in [0.2, 0.25) is 0 Å². The van der Waals surface area contributed by atoms with Gasteiger partial charge in [-0.3, -0.25) is 9.78 Å². The molecule has 1 amide bonds. The fourth-order valence-corrected chi connectivity index (χ4v) is 1.21. The van der Waals surface area contributed by atoms with E-state index >= 15 is 0 Å². The SMILES string of the molecule is NN(C(=O)c1ccccn1)c1ccccn1. The number of hydrazine groups is 1. The lowest BCUT2D eigenvalue weighted by Gasteiger charge is -2.14. The maximum atomic E-state index is 11.8. The number of pyridine rings is 2. The number of nitrogens with zero attached hydrogens (tertiary/aromatic N) is 3. The quantitative estimate of drug-likeness (QED) is 0.460. The Morgan fingerprint density at radius 1 is 1.06 bits per heavy atom. The van der Waals surface area contributed by atoms with Crippen LogP contribution < -0.4 is 10.9 Å². The third-order valence-electron chi connectivity index (χ3n) is 2.00. The van der Waals surface area contributed by atoms with Gasteiger partial charge in [-0.05, 0) is 24.3 Å². The Morgan fingerprint density at radius 3 is 2.31 bits per heavy atom. The first-order valence-corrected chi connectivity index (χ1v) is 4.70. The summed E-state index contributed by atoms with van der Waals surface area (Å²) in [5.74, 6) is 5.65. The molecule has 0 unspecified atom stereocenters. The molecule has 0 fully saturated rings. The lowest BCUT2D eigenvalue weighted by atomic mass is 10.3. The summed E-state index contributed by atoms with van der Waals surface area (Å²) in [5.41, 5.74) is 0.288. The number of aromatic nitrogens is 2. The molecular weight excluding hydrogens is 204 g/mol. The van der Waals surface area contributed by atoms with E-state index in [-0.39, 0.29) is 11.6 Å². The van der Waals surface area contributed by atoms with Crippen LogP contribution in [0.5, 0.6) is 0 Å². The molecule has 0 atom stereocenters. The van der Waals surface area contributed by atoms with Crippen molar-refractivity contribution in [2.45, 2.75) is 0 Å². The molecule has 0 saturated carbocycles. The van der Waals surface area contributed by atoms with E-state index in [2.05, 4.69) is 9.97 Å². The summed E-state index contributed by atoms with van der Waals surface area (Å²) >= 11 is 0. The maximum absolute atomic E-state index is 11.8. The van der Waals surface area contributed by atoms with E-state index < -0.39 is 0 Å². The molecule has 0 aliphatic carbocycles. The first-order chi connectivity index (χ1) is 7.79. The number of rotatable bonds is 2. The van der Waals surface area contributed by atoms with Crippen molar-refractivity contribution in [2.24, 2.45) is 5.84 Å². The van der Waals surface area contributed by atoms with Crippen LogP contribution in [0.2, 0.25) is 0 Å². The van der Waals surface area contributed by atoms with E-state index in [9.17, 15) is 4.79 Å². The zero-order valence-electron chi connectivity index (χ0n) is 8.45. The van der Waals surface area contributed by atoms with E-state index in [1.54, 1.807) is 48.8 Å². The Morgan fingerprint density at radius 2 is 1.75 bits per heavy atom. The summed E-state index contributed by atoms with van der Waals surface area (Å²) in [5, 5.41) is 0.975. The minimum atomic E-state index is -0.390. The van der Waals surface area contributed by atoms with Gasteiger partial charge in [0.05, 0.1) is 0 Å². The number of amides is 1. The fourth-order valence-electron chi connectivity index (χ4n) is 1.21. The first-order valence-electron chi connectivity index (χ1n) is 4.70. The van der Waals surface area contributed by atoms with Crippen molar-refractivity contribution in [3.63, 3.8) is 0 Å². The van der Waals surface area contributed by atoms with E-state index in [1.807, 2.05) is 0 Å². The topological polar surface area (TPSA) is 72.1 Å². The van der Waals surface area contributed by atoms with Gasteiger partial charge in [0, 0.05) is 12.4 Å². The van der Waals surface area contributed by atoms with Crippen LogP contribution >= 0.6 is 0 Å². The van der Waals surface area contributed by atoms with Crippen LogP contribution in [-0.2, 0) is 0 Å². The van der Waals surface area contributed by atoms with Crippen molar-refractivity contribution in [1.82, 2.24) is 9.97 Å². The molecule has 0 saturated heterocycles. The Labute approximate surface area is 92.5 Å². The van der Waals surface area contributed by atoms with E-state index in [0.717, 1.165) is 5.01 Å². The van der Waals surface area contributed by atoms with Gasteiger partial charge in [-0.15, -0.1) is 0 Å². The van der Waals surface area contributed by atoms with E-state index in [0.29, 0.717) is 5.82 Å². The highest BCUT2D eigenvalue weighted by atomic mass is 16.2. The molecule has 2 aromatic rings. The number of nitrogens with two attached hydrogens (primary N) is 1. The van der Waals surface area contributed by atoms with Gasteiger partial charge in [0.15, 0.2) is 0 Å². The molecule has 2 heterocycles. The molecule has 0 aliphatic rings. The van der Waals surface area contributed by atoms with E-state index in [4.69, 9.17) is 5.84 Å². The highest BCUT2D eigenvalue weighted by Gasteiger charge is 2.15. The largest absolute Gasteiger partial charge is 0.292 e. The summed E-state index contributed by atoms with van der Waals surface area (Å²) in [6.07, 6.45) is 3.11. The van der Waals surface area contributed by atoms with Gasteiger partial charge in [0.25, 0.3) is 5.91 Å². The Balaban J connectivity index is 2.24. The molecule has 2 rings (SSSR count). The van der Waals surface area contributed by atoms with E-state index in [1.165, 1.54) is 0 Å². The second kappa shape index (κ2) is 4.50. The van der Waals surface area contributed by atoms with Gasteiger partial charge in [-0.2, -0.15) is 0 Å². The van der Waals surface area contributed by atoms with Crippen molar-refractivity contribution in [2.75, 3.05) is 5.01 Å². The van der Waals surface area contributed by atoms with Crippen molar-refractivity contribution in [3.8, 4) is 0 Å². The number of carbonyl (C=O) groups excluding carboxylic acids is 1. The van der Waals surface area contributed by atoms with Crippen molar-refractivity contribution >= 4 is 11.7 Å². The highest BCUT2D eigenvalue weighted by molar-refractivity contribution is 6.03. The molecule has 5 nitrogen and oxygen atoms in total.